The molecule has 0 saturated heterocycles. The van der Waals surface area contributed by atoms with Gasteiger partial charge in [0.05, 0.1) is 27.4 Å². The Morgan fingerprint density at radius 2 is 2.05 bits per heavy atom. The van der Waals surface area contributed by atoms with Crippen LogP contribution in [0, 0.1) is 5.92 Å². The van der Waals surface area contributed by atoms with Crippen molar-refractivity contribution in [2.75, 3.05) is 20.8 Å². The summed E-state index contributed by atoms with van der Waals surface area (Å²) in [7, 11) is 2.93. The quantitative estimate of drug-likeness (QED) is 0.638. The van der Waals surface area contributed by atoms with E-state index in [2.05, 4.69) is 0 Å². The number of ether oxygens (including phenoxy) is 3. The van der Waals surface area contributed by atoms with Gasteiger partial charge in [-0.3, -0.25) is 0 Å². The third-order valence-corrected chi connectivity index (χ3v) is 3.77. The van der Waals surface area contributed by atoms with Crippen LogP contribution in [0.25, 0.3) is 0 Å². The first-order valence-electron chi connectivity index (χ1n) is 6.79. The molecule has 0 heterocycles. The zero-order chi connectivity index (χ0) is 15.3. The molecule has 0 aliphatic heterocycles. The van der Waals surface area contributed by atoms with Crippen LogP contribution in [-0.4, -0.2) is 37.5 Å². The van der Waals surface area contributed by atoms with Crippen LogP contribution in [0.2, 0.25) is 0 Å². The molecule has 114 valence electrons. The number of hydrogen-bond donors (Lipinski definition) is 1. The number of benzene rings is 1. The van der Waals surface area contributed by atoms with Crippen LogP contribution in [0.4, 0.5) is 0 Å². The van der Waals surface area contributed by atoms with E-state index in [9.17, 15) is 9.90 Å². The van der Waals surface area contributed by atoms with Gasteiger partial charge in [-0.15, -0.1) is 0 Å². The molecular formula is C16H20O5. The minimum Gasteiger partial charge on any atom is -0.497 e. The minimum absolute atomic E-state index is 0.159. The molecule has 0 spiro atoms. The highest BCUT2D eigenvalue weighted by Gasteiger charge is 2.48. The highest BCUT2D eigenvalue weighted by molar-refractivity contribution is 5.81. The Morgan fingerprint density at radius 3 is 2.62 bits per heavy atom. The van der Waals surface area contributed by atoms with Crippen LogP contribution in [0.3, 0.4) is 0 Å². The Kier molecular flexibility index (Phi) is 4.98. The van der Waals surface area contributed by atoms with E-state index in [0.29, 0.717) is 6.42 Å². The zero-order valence-electron chi connectivity index (χ0n) is 12.2. The van der Waals surface area contributed by atoms with Gasteiger partial charge >= 0.3 is 5.97 Å². The van der Waals surface area contributed by atoms with Gasteiger partial charge in [0.25, 0.3) is 0 Å². The first-order chi connectivity index (χ1) is 10.2. The van der Waals surface area contributed by atoms with Crippen molar-refractivity contribution in [3.8, 4) is 5.75 Å². The van der Waals surface area contributed by atoms with E-state index in [0.717, 1.165) is 11.3 Å². The van der Waals surface area contributed by atoms with Gasteiger partial charge < -0.3 is 19.3 Å². The lowest BCUT2D eigenvalue weighted by Crippen LogP contribution is -2.47. The van der Waals surface area contributed by atoms with Crippen molar-refractivity contribution in [1.82, 2.24) is 0 Å². The van der Waals surface area contributed by atoms with Crippen LogP contribution in [-0.2, 0) is 20.9 Å². The van der Waals surface area contributed by atoms with Gasteiger partial charge in [0.2, 0.25) is 0 Å². The van der Waals surface area contributed by atoms with Gasteiger partial charge in [-0.1, -0.05) is 24.3 Å². The summed E-state index contributed by atoms with van der Waals surface area (Å²) >= 11 is 0. The Bertz CT molecular complexity index is 508. The normalized spacial score (nSPS) is 24.0. The van der Waals surface area contributed by atoms with Gasteiger partial charge in [0.1, 0.15) is 5.75 Å². The van der Waals surface area contributed by atoms with E-state index in [1.165, 1.54) is 7.11 Å². The molecule has 2 rings (SSSR count). The number of carbonyl (C=O) groups is 1. The molecule has 1 aromatic rings. The van der Waals surface area contributed by atoms with Gasteiger partial charge in [-0.05, 0) is 17.7 Å². The number of aliphatic hydroxyl groups is 1. The Morgan fingerprint density at radius 1 is 1.33 bits per heavy atom. The molecule has 5 nitrogen and oxygen atoms in total. The molecule has 2 atom stereocenters. The van der Waals surface area contributed by atoms with Crippen molar-refractivity contribution in [3.05, 3.63) is 42.0 Å². The third kappa shape index (κ3) is 3.09. The van der Waals surface area contributed by atoms with Crippen LogP contribution >= 0.6 is 0 Å². The Labute approximate surface area is 124 Å². The second kappa shape index (κ2) is 6.74. The van der Waals surface area contributed by atoms with Crippen LogP contribution in [0.5, 0.6) is 5.75 Å². The third-order valence-electron chi connectivity index (χ3n) is 3.77. The molecule has 1 aromatic carbocycles. The molecule has 0 bridgehead atoms. The molecule has 0 fully saturated rings. The fourth-order valence-corrected chi connectivity index (χ4v) is 2.49. The number of aliphatic hydroxyl groups excluding tert-OH is 1. The summed E-state index contributed by atoms with van der Waals surface area (Å²) in [5, 5.41) is 9.46. The van der Waals surface area contributed by atoms with Crippen LogP contribution in [0.15, 0.2) is 36.4 Å². The summed E-state index contributed by atoms with van der Waals surface area (Å²) in [5.74, 6) is -0.0829. The fourth-order valence-electron chi connectivity index (χ4n) is 2.49. The van der Waals surface area contributed by atoms with E-state index < -0.39 is 11.6 Å². The lowest BCUT2D eigenvalue weighted by molar-refractivity contribution is -0.178. The molecule has 0 radical (unpaired) electrons. The molecule has 1 N–H and O–H groups in total. The van der Waals surface area contributed by atoms with E-state index in [1.807, 2.05) is 30.3 Å². The first-order valence-corrected chi connectivity index (χ1v) is 6.79. The lowest BCUT2D eigenvalue weighted by Gasteiger charge is -2.31. The van der Waals surface area contributed by atoms with E-state index in [1.54, 1.807) is 13.2 Å². The van der Waals surface area contributed by atoms with E-state index >= 15 is 0 Å². The topological polar surface area (TPSA) is 65.0 Å². The summed E-state index contributed by atoms with van der Waals surface area (Å²) < 4.78 is 15.8. The maximum Gasteiger partial charge on any atom is 0.339 e. The molecule has 0 aromatic heterocycles. The molecule has 21 heavy (non-hydrogen) atoms. The summed E-state index contributed by atoms with van der Waals surface area (Å²) in [5.41, 5.74) is -0.216. The number of methoxy groups -OCH3 is 2. The second-order valence-corrected chi connectivity index (χ2v) is 4.94. The molecule has 1 aliphatic rings. The largest absolute Gasteiger partial charge is 0.497 e. The number of rotatable bonds is 6. The monoisotopic (exact) mass is 292 g/mol. The second-order valence-electron chi connectivity index (χ2n) is 4.94. The molecular weight excluding hydrogens is 272 g/mol. The highest BCUT2D eigenvalue weighted by Crippen LogP contribution is 2.35. The van der Waals surface area contributed by atoms with Crippen LogP contribution in [0.1, 0.15) is 12.0 Å². The molecule has 5 heteroatoms. The standard InChI is InChI=1S/C16H20O5/c1-19-14-7-5-12(6-8-14)11-21-16(15(18)20-2)9-3-4-13(16)10-17/h3-8,13,17H,9-11H2,1-2H3/t13-,16-/m1/s1. The van der Waals surface area contributed by atoms with Crippen LogP contribution < -0.4 is 4.74 Å². The predicted octanol–water partition coefficient (Wildman–Crippen LogP) is 1.69. The summed E-state index contributed by atoms with van der Waals surface area (Å²) in [6.45, 7) is 0.103. The fraction of sp³-hybridized carbons (Fsp3) is 0.438. The maximum atomic E-state index is 12.1. The summed E-state index contributed by atoms with van der Waals surface area (Å²) in [6.07, 6.45) is 4.04. The van der Waals surface area contributed by atoms with Gasteiger partial charge in [0.15, 0.2) is 5.60 Å². The first kappa shape index (κ1) is 15.5. The van der Waals surface area contributed by atoms with Crippen molar-refractivity contribution in [2.24, 2.45) is 5.92 Å². The van der Waals surface area contributed by atoms with Gasteiger partial charge in [-0.2, -0.15) is 0 Å². The molecule has 0 saturated carbocycles. The average molecular weight is 292 g/mol. The Hall–Kier alpha value is -1.85. The summed E-state index contributed by atoms with van der Waals surface area (Å²) in [6, 6.07) is 7.42. The number of carbonyl (C=O) groups excluding carboxylic acids is 1. The number of esters is 1. The Balaban J connectivity index is 2.11. The van der Waals surface area contributed by atoms with Crippen molar-refractivity contribution in [3.63, 3.8) is 0 Å². The van der Waals surface area contributed by atoms with Crippen molar-refractivity contribution >= 4 is 5.97 Å². The summed E-state index contributed by atoms with van der Waals surface area (Å²) in [4.78, 5) is 12.1. The van der Waals surface area contributed by atoms with E-state index in [-0.39, 0.29) is 19.1 Å². The van der Waals surface area contributed by atoms with Gasteiger partial charge in [-0.25, -0.2) is 4.79 Å². The molecule has 0 amide bonds. The van der Waals surface area contributed by atoms with Crippen molar-refractivity contribution < 1.29 is 24.1 Å². The zero-order valence-corrected chi connectivity index (χ0v) is 12.2. The average Bonchev–Trinajstić information content (AvgIpc) is 2.96. The minimum atomic E-state index is -1.14. The van der Waals surface area contributed by atoms with E-state index in [4.69, 9.17) is 14.2 Å². The SMILES string of the molecule is COC(=O)[C@@]1(OCc2ccc(OC)cc2)CC=C[C@@H]1CO. The van der Waals surface area contributed by atoms with Crippen molar-refractivity contribution in [2.45, 2.75) is 18.6 Å². The molecule has 0 unspecified atom stereocenters. The predicted molar refractivity (Wildman–Crippen MR) is 76.9 cm³/mol. The highest BCUT2D eigenvalue weighted by atomic mass is 16.6. The molecule has 1 aliphatic carbocycles. The van der Waals surface area contributed by atoms with Crippen molar-refractivity contribution in [1.29, 1.82) is 0 Å². The lowest BCUT2D eigenvalue weighted by atomic mass is 9.90. The van der Waals surface area contributed by atoms with Gasteiger partial charge in [0, 0.05) is 12.3 Å². The smallest absolute Gasteiger partial charge is 0.339 e. The maximum absolute atomic E-state index is 12.1. The number of hydrogen-bond acceptors (Lipinski definition) is 5.